The van der Waals surface area contributed by atoms with Gasteiger partial charge in [-0.2, -0.15) is 0 Å². The topological polar surface area (TPSA) is 37.4 Å². The molecule has 2 rings (SSSR count). The number of nitrogens with zero attached hydrogens (tertiary/aromatic N) is 1. The highest BCUT2D eigenvalue weighted by Gasteiger charge is 2.18. The Morgan fingerprint density at radius 2 is 1.67 bits per heavy atom. The number of hydrogen-bond acceptors (Lipinski definition) is 3. The summed E-state index contributed by atoms with van der Waals surface area (Å²) in [7, 11) is -1.31. The van der Waals surface area contributed by atoms with Gasteiger partial charge in [-0.05, 0) is 29.8 Å². The fraction of sp³-hybridized carbons (Fsp3) is 0.250. The minimum atomic E-state index is -3.22. The molecule has 112 valence electrons. The summed E-state index contributed by atoms with van der Waals surface area (Å²) in [6.07, 6.45) is 0. The van der Waals surface area contributed by atoms with Gasteiger partial charge in [0.15, 0.2) is 9.84 Å². The van der Waals surface area contributed by atoms with E-state index in [-0.39, 0.29) is 5.75 Å². The summed E-state index contributed by atoms with van der Waals surface area (Å²) in [5.41, 5.74) is 1.87. The molecule has 2 aromatic carbocycles. The maximum atomic E-state index is 12.2. The molecule has 5 heteroatoms. The van der Waals surface area contributed by atoms with Gasteiger partial charge in [-0.25, -0.2) is 8.42 Å². The van der Waals surface area contributed by atoms with Crippen LogP contribution in [0, 0.1) is 0 Å². The van der Waals surface area contributed by atoms with E-state index < -0.39 is 9.84 Å². The zero-order valence-electron chi connectivity index (χ0n) is 12.1. The van der Waals surface area contributed by atoms with Crippen LogP contribution in [0.15, 0.2) is 57.9 Å². The van der Waals surface area contributed by atoms with Crippen molar-refractivity contribution >= 4 is 31.5 Å². The van der Waals surface area contributed by atoms with E-state index in [1.165, 1.54) is 0 Å². The molecule has 0 amide bonds. The van der Waals surface area contributed by atoms with Crippen molar-refractivity contribution in [2.75, 3.05) is 17.7 Å². The fourth-order valence-corrected chi connectivity index (χ4v) is 3.54. The number of anilines is 1. The van der Waals surface area contributed by atoms with Gasteiger partial charge in [0.1, 0.15) is 0 Å². The third-order valence-electron chi connectivity index (χ3n) is 3.32. The van der Waals surface area contributed by atoms with Crippen molar-refractivity contribution in [2.45, 2.75) is 18.4 Å². The van der Waals surface area contributed by atoms with Crippen LogP contribution < -0.4 is 4.90 Å². The van der Waals surface area contributed by atoms with Crippen molar-refractivity contribution in [3.63, 3.8) is 0 Å². The molecular formula is C16H18BrNO2S. The van der Waals surface area contributed by atoms with E-state index in [4.69, 9.17) is 0 Å². The van der Waals surface area contributed by atoms with E-state index in [0.29, 0.717) is 11.4 Å². The Morgan fingerprint density at radius 3 is 2.29 bits per heavy atom. The van der Waals surface area contributed by atoms with E-state index in [1.807, 2.05) is 48.3 Å². The van der Waals surface area contributed by atoms with Crippen molar-refractivity contribution < 1.29 is 8.42 Å². The Hall–Kier alpha value is -1.33. The summed E-state index contributed by atoms with van der Waals surface area (Å²) in [6, 6.07) is 15.2. The third kappa shape index (κ3) is 3.86. The predicted molar refractivity (Wildman–Crippen MR) is 90.4 cm³/mol. The Labute approximate surface area is 134 Å². The summed E-state index contributed by atoms with van der Waals surface area (Å²) in [5.74, 6) is 0.107. The zero-order valence-corrected chi connectivity index (χ0v) is 14.5. The molecule has 0 aromatic heterocycles. The first-order chi connectivity index (χ1) is 9.94. The maximum Gasteiger partial charge on any atom is 0.180 e. The average Bonchev–Trinajstić information content (AvgIpc) is 2.49. The molecule has 2 aromatic rings. The molecule has 21 heavy (non-hydrogen) atoms. The lowest BCUT2D eigenvalue weighted by Crippen LogP contribution is -2.19. The Bertz CT molecular complexity index is 711. The number of hydrogen-bond donors (Lipinski definition) is 0. The van der Waals surface area contributed by atoms with Crippen LogP contribution in [0.5, 0.6) is 0 Å². The lowest BCUT2D eigenvalue weighted by molar-refractivity contribution is 0.597. The molecule has 0 N–H and O–H groups in total. The van der Waals surface area contributed by atoms with Gasteiger partial charge in [0, 0.05) is 18.1 Å². The molecule has 0 saturated carbocycles. The second-order valence-corrected chi connectivity index (χ2v) is 8.02. The highest BCUT2D eigenvalue weighted by molar-refractivity contribution is 9.10. The molecule has 3 nitrogen and oxygen atoms in total. The summed E-state index contributed by atoms with van der Waals surface area (Å²) < 4.78 is 25.4. The van der Waals surface area contributed by atoms with Crippen LogP contribution in [-0.4, -0.2) is 21.2 Å². The molecule has 0 unspecified atom stereocenters. The molecule has 0 aliphatic carbocycles. The van der Waals surface area contributed by atoms with Crippen LogP contribution in [0.2, 0.25) is 0 Å². The van der Waals surface area contributed by atoms with E-state index in [0.717, 1.165) is 15.7 Å². The Kier molecular flexibility index (Phi) is 5.06. The zero-order chi connectivity index (χ0) is 15.5. The number of sulfone groups is 1. The molecule has 0 aliphatic rings. The summed E-state index contributed by atoms with van der Waals surface area (Å²) in [5, 5.41) is 0. The van der Waals surface area contributed by atoms with Crippen LogP contribution in [0.1, 0.15) is 12.5 Å². The highest BCUT2D eigenvalue weighted by Crippen LogP contribution is 2.26. The first-order valence-corrected chi connectivity index (χ1v) is 9.16. The summed E-state index contributed by atoms with van der Waals surface area (Å²) >= 11 is 3.41. The lowest BCUT2D eigenvalue weighted by atomic mass is 10.2. The highest BCUT2D eigenvalue weighted by atomic mass is 79.9. The van der Waals surface area contributed by atoms with Crippen molar-refractivity contribution in [3.05, 3.63) is 58.6 Å². The fourth-order valence-electron chi connectivity index (χ4n) is 2.14. The van der Waals surface area contributed by atoms with Crippen LogP contribution in [0.25, 0.3) is 0 Å². The van der Waals surface area contributed by atoms with Crippen molar-refractivity contribution in [2.24, 2.45) is 0 Å². The van der Waals surface area contributed by atoms with Crippen molar-refractivity contribution in [1.29, 1.82) is 0 Å². The quantitative estimate of drug-likeness (QED) is 0.804. The monoisotopic (exact) mass is 367 g/mol. The number of rotatable bonds is 5. The third-order valence-corrected chi connectivity index (χ3v) is 5.63. The van der Waals surface area contributed by atoms with Crippen LogP contribution in [-0.2, 0) is 16.4 Å². The number of para-hydroxylation sites is 1. The van der Waals surface area contributed by atoms with Gasteiger partial charge in [0.05, 0.1) is 16.3 Å². The molecule has 0 bridgehead atoms. The van der Waals surface area contributed by atoms with Crippen LogP contribution in [0.4, 0.5) is 5.69 Å². The molecule has 0 atom stereocenters. The average molecular weight is 368 g/mol. The number of benzene rings is 2. The van der Waals surface area contributed by atoms with E-state index >= 15 is 0 Å². The van der Waals surface area contributed by atoms with Crippen molar-refractivity contribution in [3.8, 4) is 0 Å². The van der Waals surface area contributed by atoms with Gasteiger partial charge in [-0.15, -0.1) is 0 Å². The molecule has 0 fully saturated rings. The van der Waals surface area contributed by atoms with Gasteiger partial charge >= 0.3 is 0 Å². The molecule has 0 radical (unpaired) electrons. The second-order valence-electron chi connectivity index (χ2n) is 4.85. The molecule has 0 spiro atoms. The van der Waals surface area contributed by atoms with Gasteiger partial charge in [-0.3, -0.25) is 0 Å². The normalized spacial score (nSPS) is 11.4. The number of halogens is 1. The molecular weight excluding hydrogens is 350 g/mol. The molecule has 0 aliphatic heterocycles. The van der Waals surface area contributed by atoms with Crippen molar-refractivity contribution in [1.82, 2.24) is 0 Å². The van der Waals surface area contributed by atoms with Gasteiger partial charge in [0.25, 0.3) is 0 Å². The maximum absolute atomic E-state index is 12.2. The standard InChI is InChI=1S/C16H18BrNO2S/c1-3-21(19,20)16-7-5-4-6-15(16)18(2)12-13-8-10-14(17)11-9-13/h4-11H,3,12H2,1-2H3. The van der Waals surface area contributed by atoms with Gasteiger partial charge in [0.2, 0.25) is 0 Å². The first-order valence-electron chi connectivity index (χ1n) is 6.71. The van der Waals surface area contributed by atoms with E-state index in [2.05, 4.69) is 15.9 Å². The van der Waals surface area contributed by atoms with E-state index in [1.54, 1.807) is 19.1 Å². The predicted octanol–water partition coefficient (Wildman–Crippen LogP) is 3.88. The van der Waals surface area contributed by atoms with Crippen LogP contribution in [0.3, 0.4) is 0 Å². The Morgan fingerprint density at radius 1 is 1.05 bits per heavy atom. The van der Waals surface area contributed by atoms with Crippen LogP contribution >= 0.6 is 15.9 Å². The molecule has 0 heterocycles. The molecule has 0 saturated heterocycles. The Balaban J connectivity index is 2.31. The van der Waals surface area contributed by atoms with Gasteiger partial charge in [-0.1, -0.05) is 47.1 Å². The second kappa shape index (κ2) is 6.62. The minimum Gasteiger partial charge on any atom is -0.369 e. The first kappa shape index (κ1) is 16.0. The van der Waals surface area contributed by atoms with Gasteiger partial charge < -0.3 is 4.90 Å². The largest absolute Gasteiger partial charge is 0.369 e. The minimum absolute atomic E-state index is 0.107. The smallest absolute Gasteiger partial charge is 0.180 e. The SMILES string of the molecule is CCS(=O)(=O)c1ccccc1N(C)Cc1ccc(Br)cc1. The summed E-state index contributed by atoms with van der Waals surface area (Å²) in [6.45, 7) is 2.32. The van der Waals surface area contributed by atoms with E-state index in [9.17, 15) is 8.42 Å². The summed E-state index contributed by atoms with van der Waals surface area (Å²) in [4.78, 5) is 2.36. The lowest BCUT2D eigenvalue weighted by Gasteiger charge is -2.22.